The predicted molar refractivity (Wildman–Crippen MR) is 92.5 cm³/mol. The van der Waals surface area contributed by atoms with Gasteiger partial charge in [0.05, 0.1) is 12.3 Å². The fourth-order valence-corrected chi connectivity index (χ4v) is 4.72. The molecule has 0 aromatic rings. The van der Waals surface area contributed by atoms with Crippen molar-refractivity contribution in [1.82, 2.24) is 9.80 Å². The van der Waals surface area contributed by atoms with Crippen molar-refractivity contribution in [1.29, 1.82) is 0 Å². The topological polar surface area (TPSA) is 49.9 Å². The zero-order valence-electron chi connectivity index (χ0n) is 15.3. The molecule has 0 radical (unpaired) electrons. The van der Waals surface area contributed by atoms with Crippen molar-refractivity contribution in [2.45, 2.75) is 64.4 Å². The molecule has 136 valence electrons. The Balaban J connectivity index is 1.65. The Morgan fingerprint density at radius 3 is 2.58 bits per heavy atom. The summed E-state index contributed by atoms with van der Waals surface area (Å²) < 4.78 is 5.72. The van der Waals surface area contributed by atoms with Gasteiger partial charge in [-0.25, -0.2) is 0 Å². The molecule has 2 aliphatic heterocycles. The summed E-state index contributed by atoms with van der Waals surface area (Å²) in [5.74, 6) is 0.390. The van der Waals surface area contributed by atoms with Gasteiger partial charge in [-0.3, -0.25) is 9.59 Å². The summed E-state index contributed by atoms with van der Waals surface area (Å²) in [5.41, 5.74) is -0.490. The highest BCUT2D eigenvalue weighted by Crippen LogP contribution is 2.44. The van der Waals surface area contributed by atoms with Gasteiger partial charge in [-0.15, -0.1) is 0 Å². The van der Waals surface area contributed by atoms with E-state index >= 15 is 0 Å². The van der Waals surface area contributed by atoms with Crippen LogP contribution >= 0.6 is 0 Å². The summed E-state index contributed by atoms with van der Waals surface area (Å²) in [6.07, 6.45) is 6.36. The lowest BCUT2D eigenvalue weighted by atomic mass is 9.75. The lowest BCUT2D eigenvalue weighted by Gasteiger charge is -2.38. The number of hydrogen-bond donors (Lipinski definition) is 0. The second-order valence-corrected chi connectivity index (χ2v) is 8.23. The molecule has 5 heteroatoms. The van der Waals surface area contributed by atoms with Crippen molar-refractivity contribution in [3.05, 3.63) is 0 Å². The molecule has 1 unspecified atom stereocenters. The molecule has 3 rings (SSSR count). The molecule has 3 aliphatic rings. The predicted octanol–water partition coefficient (Wildman–Crippen LogP) is 2.44. The Hall–Kier alpha value is -1.10. The summed E-state index contributed by atoms with van der Waals surface area (Å²) in [7, 11) is 0. The van der Waals surface area contributed by atoms with Gasteiger partial charge in [0.1, 0.15) is 5.60 Å². The molecule has 1 spiro atoms. The Kier molecular flexibility index (Phi) is 5.48. The number of rotatable bonds is 3. The fourth-order valence-electron chi connectivity index (χ4n) is 4.72. The van der Waals surface area contributed by atoms with E-state index in [0.29, 0.717) is 5.92 Å². The first-order valence-electron chi connectivity index (χ1n) is 9.73. The van der Waals surface area contributed by atoms with Gasteiger partial charge in [-0.05, 0) is 44.6 Å². The van der Waals surface area contributed by atoms with E-state index in [2.05, 4.69) is 18.7 Å². The smallest absolute Gasteiger partial charge is 0.307 e. The molecule has 3 fully saturated rings. The SMILES string of the molecule is CC(C)CN1CCCN(C(=O)C2CC(=O)OC23CCCCC3)CC1. The molecule has 1 saturated carbocycles. The number of nitrogens with zero attached hydrogens (tertiary/aromatic N) is 2. The van der Waals surface area contributed by atoms with E-state index in [4.69, 9.17) is 4.74 Å². The molecule has 0 bridgehead atoms. The van der Waals surface area contributed by atoms with Crippen molar-refractivity contribution < 1.29 is 14.3 Å². The van der Waals surface area contributed by atoms with Gasteiger partial charge in [-0.2, -0.15) is 0 Å². The zero-order valence-corrected chi connectivity index (χ0v) is 15.3. The molecule has 2 saturated heterocycles. The van der Waals surface area contributed by atoms with Crippen molar-refractivity contribution in [3.63, 3.8) is 0 Å². The number of ether oxygens (including phenoxy) is 1. The van der Waals surface area contributed by atoms with Gasteiger partial charge < -0.3 is 14.5 Å². The van der Waals surface area contributed by atoms with Crippen LogP contribution in [-0.2, 0) is 14.3 Å². The minimum atomic E-state index is -0.490. The summed E-state index contributed by atoms with van der Waals surface area (Å²) in [6.45, 7) is 9.17. The molecule has 5 nitrogen and oxygen atoms in total. The normalized spacial score (nSPS) is 28.2. The van der Waals surface area contributed by atoms with E-state index in [-0.39, 0.29) is 24.2 Å². The molecule has 1 amide bonds. The molecule has 1 atom stereocenters. The standard InChI is InChI=1S/C19H32N2O3/c1-15(2)14-20-9-6-10-21(12-11-20)18(23)16-13-17(22)24-19(16)7-4-3-5-8-19/h15-16H,3-14H2,1-2H3. The van der Waals surface area contributed by atoms with E-state index in [0.717, 1.165) is 64.8 Å². The molecule has 0 aromatic heterocycles. The van der Waals surface area contributed by atoms with Crippen LogP contribution in [0.2, 0.25) is 0 Å². The first-order chi connectivity index (χ1) is 11.5. The maximum Gasteiger partial charge on any atom is 0.307 e. The van der Waals surface area contributed by atoms with Crippen LogP contribution in [0.5, 0.6) is 0 Å². The van der Waals surface area contributed by atoms with Crippen molar-refractivity contribution >= 4 is 11.9 Å². The summed E-state index contributed by atoms with van der Waals surface area (Å²) in [5, 5.41) is 0. The highest BCUT2D eigenvalue weighted by Gasteiger charge is 2.53. The van der Waals surface area contributed by atoms with Crippen LogP contribution in [0.25, 0.3) is 0 Å². The monoisotopic (exact) mass is 336 g/mol. The Labute approximate surface area is 145 Å². The molecule has 2 heterocycles. The van der Waals surface area contributed by atoms with E-state index in [1.807, 2.05) is 4.90 Å². The van der Waals surface area contributed by atoms with Crippen LogP contribution in [0.1, 0.15) is 58.8 Å². The third-order valence-corrected chi connectivity index (χ3v) is 5.84. The molecular formula is C19H32N2O3. The first kappa shape index (κ1) is 17.7. The summed E-state index contributed by atoms with van der Waals surface area (Å²) >= 11 is 0. The Bertz CT molecular complexity index is 471. The van der Waals surface area contributed by atoms with Crippen molar-refractivity contribution in [2.24, 2.45) is 11.8 Å². The molecule has 0 aromatic carbocycles. The van der Waals surface area contributed by atoms with Gasteiger partial charge in [0.15, 0.2) is 0 Å². The number of amides is 1. The lowest BCUT2D eigenvalue weighted by Crippen LogP contribution is -2.48. The minimum Gasteiger partial charge on any atom is -0.458 e. The number of esters is 1. The van der Waals surface area contributed by atoms with E-state index in [1.54, 1.807) is 0 Å². The van der Waals surface area contributed by atoms with E-state index < -0.39 is 5.60 Å². The van der Waals surface area contributed by atoms with Gasteiger partial charge in [-0.1, -0.05) is 20.3 Å². The number of carbonyl (C=O) groups is 2. The summed E-state index contributed by atoms with van der Waals surface area (Å²) in [6, 6.07) is 0. The summed E-state index contributed by atoms with van der Waals surface area (Å²) in [4.78, 5) is 29.6. The average Bonchev–Trinajstić information content (AvgIpc) is 2.72. The highest BCUT2D eigenvalue weighted by molar-refractivity contribution is 5.88. The van der Waals surface area contributed by atoms with Crippen LogP contribution in [0.4, 0.5) is 0 Å². The highest BCUT2D eigenvalue weighted by atomic mass is 16.6. The van der Waals surface area contributed by atoms with Crippen LogP contribution in [-0.4, -0.2) is 60.0 Å². The molecule has 0 N–H and O–H groups in total. The largest absolute Gasteiger partial charge is 0.458 e. The average molecular weight is 336 g/mol. The van der Waals surface area contributed by atoms with E-state index in [9.17, 15) is 9.59 Å². The van der Waals surface area contributed by atoms with Gasteiger partial charge >= 0.3 is 5.97 Å². The minimum absolute atomic E-state index is 0.161. The zero-order chi connectivity index (χ0) is 17.2. The number of hydrogen-bond acceptors (Lipinski definition) is 4. The van der Waals surface area contributed by atoms with Crippen LogP contribution in [0, 0.1) is 11.8 Å². The van der Waals surface area contributed by atoms with Gasteiger partial charge in [0.25, 0.3) is 0 Å². The van der Waals surface area contributed by atoms with Gasteiger partial charge in [0, 0.05) is 26.2 Å². The quantitative estimate of drug-likeness (QED) is 0.743. The van der Waals surface area contributed by atoms with Crippen LogP contribution < -0.4 is 0 Å². The van der Waals surface area contributed by atoms with Crippen LogP contribution in [0.3, 0.4) is 0 Å². The molecule has 1 aliphatic carbocycles. The Morgan fingerprint density at radius 1 is 1.12 bits per heavy atom. The van der Waals surface area contributed by atoms with Crippen LogP contribution in [0.15, 0.2) is 0 Å². The molecular weight excluding hydrogens is 304 g/mol. The number of carbonyl (C=O) groups excluding carboxylic acids is 2. The second kappa shape index (κ2) is 7.42. The maximum atomic E-state index is 13.2. The van der Waals surface area contributed by atoms with Crippen molar-refractivity contribution in [2.75, 3.05) is 32.7 Å². The Morgan fingerprint density at radius 2 is 1.88 bits per heavy atom. The lowest BCUT2D eigenvalue weighted by molar-refractivity contribution is -0.155. The van der Waals surface area contributed by atoms with E-state index in [1.165, 1.54) is 6.42 Å². The first-order valence-corrected chi connectivity index (χ1v) is 9.73. The molecule has 24 heavy (non-hydrogen) atoms. The fraction of sp³-hybridized carbons (Fsp3) is 0.895. The van der Waals surface area contributed by atoms with Crippen molar-refractivity contribution in [3.8, 4) is 0 Å². The second-order valence-electron chi connectivity index (χ2n) is 8.23. The maximum absolute atomic E-state index is 13.2. The van der Waals surface area contributed by atoms with Gasteiger partial charge in [0.2, 0.25) is 5.91 Å². The third kappa shape index (κ3) is 3.76. The third-order valence-electron chi connectivity index (χ3n) is 5.84.